The Labute approximate surface area is 227 Å². The topological polar surface area (TPSA) is 87.7 Å². The first-order valence-electron chi connectivity index (χ1n) is 13.7. The van der Waals surface area contributed by atoms with Gasteiger partial charge in [0.2, 0.25) is 11.8 Å². The molecule has 2 rings (SSSR count). The van der Waals surface area contributed by atoms with Crippen molar-refractivity contribution in [3.8, 4) is 0 Å². The summed E-state index contributed by atoms with van der Waals surface area (Å²) in [5.41, 5.74) is 1.19. The van der Waals surface area contributed by atoms with E-state index in [1.165, 1.54) is 6.42 Å². The molecule has 1 fully saturated rings. The molecule has 0 aromatic heterocycles. The molecular formula is C29H47N3O4S. The molecular weight excluding hydrogens is 486 g/mol. The Hall–Kier alpha value is -2.22. The number of carbonyl (C=O) groups excluding carboxylic acids is 3. The van der Waals surface area contributed by atoms with Gasteiger partial charge in [-0.25, -0.2) is 4.79 Å². The van der Waals surface area contributed by atoms with E-state index in [0.29, 0.717) is 18.7 Å². The summed E-state index contributed by atoms with van der Waals surface area (Å²) < 4.78 is 5.46. The van der Waals surface area contributed by atoms with E-state index in [2.05, 4.69) is 17.6 Å². The van der Waals surface area contributed by atoms with Gasteiger partial charge in [0.25, 0.3) is 0 Å². The zero-order valence-corrected chi connectivity index (χ0v) is 24.4. The average Bonchev–Trinajstić information content (AvgIpc) is 2.84. The summed E-state index contributed by atoms with van der Waals surface area (Å²) >= 11 is 1.61. The summed E-state index contributed by atoms with van der Waals surface area (Å²) in [7, 11) is 0. The van der Waals surface area contributed by atoms with Crippen molar-refractivity contribution in [2.45, 2.75) is 110 Å². The molecule has 8 heteroatoms. The van der Waals surface area contributed by atoms with Crippen LogP contribution in [0.25, 0.3) is 0 Å². The van der Waals surface area contributed by atoms with Gasteiger partial charge < -0.3 is 20.3 Å². The van der Waals surface area contributed by atoms with Crippen molar-refractivity contribution >= 4 is 29.7 Å². The molecule has 0 saturated heterocycles. The van der Waals surface area contributed by atoms with Gasteiger partial charge in [0.1, 0.15) is 17.7 Å². The number of hydrogen-bond donors (Lipinski definition) is 2. The summed E-state index contributed by atoms with van der Waals surface area (Å²) in [6.45, 7) is 9.88. The average molecular weight is 534 g/mol. The Kier molecular flexibility index (Phi) is 12.8. The normalized spacial score (nSPS) is 15.9. The van der Waals surface area contributed by atoms with Crippen LogP contribution in [0.4, 0.5) is 4.79 Å². The molecule has 208 valence electrons. The Morgan fingerprint density at radius 1 is 1.11 bits per heavy atom. The number of rotatable bonds is 12. The van der Waals surface area contributed by atoms with Crippen LogP contribution in [0.1, 0.15) is 96.2 Å². The van der Waals surface area contributed by atoms with E-state index in [9.17, 15) is 14.4 Å². The monoisotopic (exact) mass is 533 g/mol. The quantitative estimate of drug-likeness (QED) is 0.357. The van der Waals surface area contributed by atoms with Gasteiger partial charge in [-0.05, 0) is 71.0 Å². The maximum absolute atomic E-state index is 14.1. The standard InChI is InChI=1S/C29H47N3O4S/c1-7-8-19-32(27(34)24(18-20-37-6)31-28(35)36-29(3,4)5)25(22-16-14-21(2)15-17-22)26(33)30-23-12-10-9-11-13-23/h14-17,23-25H,7-13,18-20H2,1-6H3,(H,30,33)(H,31,35). The lowest BCUT2D eigenvalue weighted by molar-refractivity contribution is -0.143. The molecule has 2 N–H and O–H groups in total. The molecule has 0 heterocycles. The molecule has 1 aromatic carbocycles. The van der Waals surface area contributed by atoms with Crippen molar-refractivity contribution in [3.05, 3.63) is 35.4 Å². The van der Waals surface area contributed by atoms with Gasteiger partial charge >= 0.3 is 6.09 Å². The largest absolute Gasteiger partial charge is 0.444 e. The zero-order valence-electron chi connectivity index (χ0n) is 23.6. The molecule has 1 aliphatic rings. The van der Waals surface area contributed by atoms with E-state index in [4.69, 9.17) is 4.74 Å². The minimum Gasteiger partial charge on any atom is -0.444 e. The van der Waals surface area contributed by atoms with Gasteiger partial charge in [-0.3, -0.25) is 9.59 Å². The molecule has 1 aliphatic carbocycles. The van der Waals surface area contributed by atoms with Crippen LogP contribution in [-0.4, -0.2) is 59.0 Å². The number of nitrogens with one attached hydrogen (secondary N) is 2. The first-order chi connectivity index (χ1) is 17.6. The number of benzene rings is 1. The highest BCUT2D eigenvalue weighted by molar-refractivity contribution is 7.98. The minimum absolute atomic E-state index is 0.129. The smallest absolute Gasteiger partial charge is 0.408 e. The van der Waals surface area contributed by atoms with Gasteiger partial charge in [-0.1, -0.05) is 62.4 Å². The van der Waals surface area contributed by atoms with Crippen molar-refractivity contribution < 1.29 is 19.1 Å². The second kappa shape index (κ2) is 15.3. The summed E-state index contributed by atoms with van der Waals surface area (Å²) in [5.74, 6) is 0.288. The third-order valence-electron chi connectivity index (χ3n) is 6.54. The molecule has 0 radical (unpaired) electrons. The van der Waals surface area contributed by atoms with E-state index in [0.717, 1.165) is 49.7 Å². The van der Waals surface area contributed by atoms with Crippen LogP contribution in [0, 0.1) is 6.92 Å². The maximum atomic E-state index is 14.1. The number of thioether (sulfide) groups is 1. The fourth-order valence-electron chi connectivity index (χ4n) is 4.59. The van der Waals surface area contributed by atoms with Crippen LogP contribution in [0.5, 0.6) is 0 Å². The molecule has 2 unspecified atom stereocenters. The molecule has 2 atom stereocenters. The molecule has 0 aliphatic heterocycles. The number of nitrogens with zero attached hydrogens (tertiary/aromatic N) is 1. The molecule has 3 amide bonds. The molecule has 37 heavy (non-hydrogen) atoms. The summed E-state index contributed by atoms with van der Waals surface area (Å²) in [6.07, 6.45) is 8.77. The highest BCUT2D eigenvalue weighted by Gasteiger charge is 2.36. The van der Waals surface area contributed by atoms with Gasteiger partial charge in [0.05, 0.1) is 0 Å². The molecule has 1 aromatic rings. The van der Waals surface area contributed by atoms with Crippen molar-refractivity contribution in [1.82, 2.24) is 15.5 Å². The lowest BCUT2D eigenvalue weighted by Crippen LogP contribution is -2.54. The highest BCUT2D eigenvalue weighted by atomic mass is 32.2. The SMILES string of the molecule is CCCCN(C(=O)C(CCSC)NC(=O)OC(C)(C)C)C(C(=O)NC1CCCCC1)c1ccc(C)cc1. The fraction of sp³-hybridized carbons (Fsp3) is 0.690. The third-order valence-corrected chi connectivity index (χ3v) is 7.18. The van der Waals surface area contributed by atoms with Crippen molar-refractivity contribution in [1.29, 1.82) is 0 Å². The zero-order chi connectivity index (χ0) is 27.4. The van der Waals surface area contributed by atoms with Crippen LogP contribution >= 0.6 is 11.8 Å². The van der Waals surface area contributed by atoms with E-state index in [-0.39, 0.29) is 17.9 Å². The fourth-order valence-corrected chi connectivity index (χ4v) is 5.06. The van der Waals surface area contributed by atoms with E-state index in [1.54, 1.807) is 37.4 Å². The number of alkyl carbamates (subject to hydrolysis) is 1. The number of aryl methyl sites for hydroxylation is 1. The van der Waals surface area contributed by atoms with E-state index >= 15 is 0 Å². The Balaban J connectivity index is 2.41. The van der Waals surface area contributed by atoms with Crippen LogP contribution in [0.2, 0.25) is 0 Å². The summed E-state index contributed by atoms with van der Waals surface area (Å²) in [4.78, 5) is 42.3. The lowest BCUT2D eigenvalue weighted by atomic mass is 9.94. The van der Waals surface area contributed by atoms with Gasteiger partial charge in [-0.2, -0.15) is 11.8 Å². The minimum atomic E-state index is -0.783. The third kappa shape index (κ3) is 10.6. The number of ether oxygens (including phenoxy) is 1. The summed E-state index contributed by atoms with van der Waals surface area (Å²) in [6, 6.07) is 6.40. The van der Waals surface area contributed by atoms with Gasteiger partial charge in [-0.15, -0.1) is 0 Å². The molecule has 7 nitrogen and oxygen atoms in total. The number of amides is 3. The van der Waals surface area contributed by atoms with Crippen molar-refractivity contribution in [2.24, 2.45) is 0 Å². The molecule has 1 saturated carbocycles. The first-order valence-corrected chi connectivity index (χ1v) is 15.1. The van der Waals surface area contributed by atoms with E-state index in [1.807, 2.05) is 37.4 Å². The van der Waals surface area contributed by atoms with Crippen LogP contribution < -0.4 is 10.6 Å². The Morgan fingerprint density at radius 2 is 1.76 bits per heavy atom. The number of carbonyl (C=O) groups is 3. The molecule has 0 bridgehead atoms. The maximum Gasteiger partial charge on any atom is 0.408 e. The van der Waals surface area contributed by atoms with Crippen LogP contribution in [0.15, 0.2) is 24.3 Å². The highest BCUT2D eigenvalue weighted by Crippen LogP contribution is 2.26. The van der Waals surface area contributed by atoms with Crippen molar-refractivity contribution in [3.63, 3.8) is 0 Å². The second-order valence-electron chi connectivity index (χ2n) is 11.0. The van der Waals surface area contributed by atoms with E-state index < -0.39 is 23.8 Å². The predicted molar refractivity (Wildman–Crippen MR) is 152 cm³/mol. The first kappa shape index (κ1) is 31.0. The molecule has 0 spiro atoms. The van der Waals surface area contributed by atoms with Crippen LogP contribution in [-0.2, 0) is 14.3 Å². The Morgan fingerprint density at radius 3 is 2.32 bits per heavy atom. The second-order valence-corrected chi connectivity index (χ2v) is 12.0. The van der Waals surface area contributed by atoms with Crippen LogP contribution in [0.3, 0.4) is 0 Å². The number of unbranched alkanes of at least 4 members (excludes halogenated alkanes) is 1. The van der Waals surface area contributed by atoms with Crippen molar-refractivity contribution in [2.75, 3.05) is 18.6 Å². The summed E-state index contributed by atoms with van der Waals surface area (Å²) in [5, 5.41) is 6.05. The lowest BCUT2D eigenvalue weighted by Gasteiger charge is -2.36. The number of hydrogen-bond acceptors (Lipinski definition) is 5. The Bertz CT molecular complexity index is 863. The van der Waals surface area contributed by atoms with Gasteiger partial charge in [0.15, 0.2) is 0 Å². The van der Waals surface area contributed by atoms with Gasteiger partial charge in [0, 0.05) is 12.6 Å². The predicted octanol–water partition coefficient (Wildman–Crippen LogP) is 5.76.